The summed E-state index contributed by atoms with van der Waals surface area (Å²) in [5.41, 5.74) is 7.48. The normalized spacial score (nSPS) is 24.0. The number of nitrogens with one attached hydrogen (secondary N) is 1. The third-order valence-electron chi connectivity index (χ3n) is 5.54. The summed E-state index contributed by atoms with van der Waals surface area (Å²) in [6, 6.07) is 13.8. The maximum absolute atomic E-state index is 12.4. The van der Waals surface area contributed by atoms with E-state index in [0.29, 0.717) is 30.0 Å². The van der Waals surface area contributed by atoms with Crippen molar-refractivity contribution in [3.63, 3.8) is 0 Å². The van der Waals surface area contributed by atoms with Gasteiger partial charge in [0.2, 0.25) is 0 Å². The standard InChI is InChI=1S/C20H25N3O2.2ClH/c21-11-19-8-15(13-25-19)20(24)22-16-9-17-6-7-18(10-16)23(17)12-14-4-2-1-3-5-14;;/h1-5,8,13,16-18H,6-7,9-12,21H2,(H,22,24);2*1H. The van der Waals surface area contributed by atoms with Gasteiger partial charge in [-0.2, -0.15) is 0 Å². The predicted molar refractivity (Wildman–Crippen MR) is 110 cm³/mol. The molecule has 3 heterocycles. The summed E-state index contributed by atoms with van der Waals surface area (Å²) in [4.78, 5) is 15.1. The number of hydrogen-bond acceptors (Lipinski definition) is 4. The molecule has 148 valence electrons. The number of hydrogen-bond donors (Lipinski definition) is 2. The number of piperidine rings is 1. The molecule has 5 nitrogen and oxygen atoms in total. The lowest BCUT2D eigenvalue weighted by molar-refractivity contribution is 0.0827. The summed E-state index contributed by atoms with van der Waals surface area (Å²) in [5.74, 6) is 0.590. The lowest BCUT2D eigenvalue weighted by atomic mass is 9.96. The predicted octanol–water partition coefficient (Wildman–Crippen LogP) is 3.51. The lowest BCUT2D eigenvalue weighted by Gasteiger charge is -2.39. The topological polar surface area (TPSA) is 71.5 Å². The van der Waals surface area contributed by atoms with Crippen molar-refractivity contribution < 1.29 is 9.21 Å². The molecular formula is C20H27Cl2N3O2. The zero-order chi connectivity index (χ0) is 17.2. The minimum absolute atomic E-state index is 0. The summed E-state index contributed by atoms with van der Waals surface area (Å²) < 4.78 is 5.27. The molecule has 2 aliphatic heterocycles. The highest BCUT2D eigenvalue weighted by Crippen LogP contribution is 2.36. The fourth-order valence-electron chi connectivity index (χ4n) is 4.32. The van der Waals surface area contributed by atoms with Crippen LogP contribution in [0.2, 0.25) is 0 Å². The van der Waals surface area contributed by atoms with Gasteiger partial charge in [-0.25, -0.2) is 0 Å². The van der Waals surface area contributed by atoms with Crippen molar-refractivity contribution in [1.29, 1.82) is 0 Å². The maximum atomic E-state index is 12.4. The second kappa shape index (κ2) is 9.60. The Labute approximate surface area is 172 Å². The Hall–Kier alpha value is -1.53. The smallest absolute Gasteiger partial charge is 0.254 e. The number of carbonyl (C=O) groups excluding carboxylic acids is 1. The first kappa shape index (κ1) is 21.8. The molecule has 1 aromatic heterocycles. The van der Waals surface area contributed by atoms with E-state index in [1.54, 1.807) is 6.07 Å². The number of nitrogens with zero attached hydrogens (tertiary/aromatic N) is 1. The third-order valence-corrected chi connectivity index (χ3v) is 5.54. The minimum atomic E-state index is -0.0515. The van der Waals surface area contributed by atoms with Crippen LogP contribution in [0.3, 0.4) is 0 Å². The zero-order valence-corrected chi connectivity index (χ0v) is 16.8. The van der Waals surface area contributed by atoms with E-state index in [0.717, 1.165) is 19.4 Å². The highest BCUT2D eigenvalue weighted by Gasteiger charge is 2.40. The molecule has 1 aromatic carbocycles. The van der Waals surface area contributed by atoms with Crippen LogP contribution in [0.1, 0.15) is 47.4 Å². The Morgan fingerprint density at radius 3 is 2.41 bits per heavy atom. The van der Waals surface area contributed by atoms with Crippen molar-refractivity contribution in [2.24, 2.45) is 5.73 Å². The van der Waals surface area contributed by atoms with E-state index in [-0.39, 0.29) is 36.8 Å². The van der Waals surface area contributed by atoms with E-state index in [4.69, 9.17) is 10.2 Å². The molecule has 27 heavy (non-hydrogen) atoms. The lowest BCUT2D eigenvalue weighted by Crippen LogP contribution is -2.49. The molecule has 4 rings (SSSR count). The van der Waals surface area contributed by atoms with Crippen molar-refractivity contribution in [3.8, 4) is 0 Å². The number of amides is 1. The molecule has 2 aromatic rings. The molecule has 3 N–H and O–H groups in total. The van der Waals surface area contributed by atoms with Crippen molar-refractivity contribution in [2.45, 2.75) is 56.9 Å². The van der Waals surface area contributed by atoms with Crippen LogP contribution in [0.4, 0.5) is 0 Å². The van der Waals surface area contributed by atoms with Crippen molar-refractivity contribution in [2.75, 3.05) is 0 Å². The number of halogens is 2. The molecule has 0 radical (unpaired) electrons. The van der Waals surface area contributed by atoms with E-state index in [2.05, 4.69) is 40.5 Å². The SMILES string of the molecule is Cl.Cl.NCc1cc(C(=O)NC2CC3CCC(C2)N3Cc2ccccc2)co1. The average Bonchev–Trinajstić information content (AvgIpc) is 3.19. The first-order valence-electron chi connectivity index (χ1n) is 9.11. The van der Waals surface area contributed by atoms with Gasteiger partial charge in [0.05, 0.1) is 12.1 Å². The zero-order valence-electron chi connectivity index (χ0n) is 15.2. The van der Waals surface area contributed by atoms with Gasteiger partial charge in [-0.15, -0.1) is 24.8 Å². The van der Waals surface area contributed by atoms with Gasteiger partial charge < -0.3 is 15.5 Å². The Bertz CT molecular complexity index is 724. The van der Waals surface area contributed by atoms with Crippen molar-refractivity contribution >= 4 is 30.7 Å². The van der Waals surface area contributed by atoms with Crippen LogP contribution in [0.25, 0.3) is 0 Å². The van der Waals surface area contributed by atoms with Gasteiger partial charge in [-0.3, -0.25) is 9.69 Å². The number of benzene rings is 1. The highest BCUT2D eigenvalue weighted by atomic mass is 35.5. The molecule has 2 saturated heterocycles. The molecule has 7 heteroatoms. The van der Waals surface area contributed by atoms with E-state index >= 15 is 0 Å². The van der Waals surface area contributed by atoms with E-state index < -0.39 is 0 Å². The maximum Gasteiger partial charge on any atom is 0.254 e. The summed E-state index contributed by atoms with van der Waals surface area (Å²) in [6.45, 7) is 1.33. The molecule has 0 saturated carbocycles. The number of nitrogens with two attached hydrogens (primary N) is 1. The summed E-state index contributed by atoms with van der Waals surface area (Å²) in [5, 5.41) is 3.19. The van der Waals surface area contributed by atoms with E-state index in [1.807, 2.05) is 0 Å². The van der Waals surface area contributed by atoms with E-state index in [9.17, 15) is 4.79 Å². The largest absolute Gasteiger partial charge is 0.467 e. The molecular weight excluding hydrogens is 385 g/mol. The third kappa shape index (κ3) is 4.85. The Morgan fingerprint density at radius 1 is 1.15 bits per heavy atom. The van der Waals surface area contributed by atoms with Crippen LogP contribution >= 0.6 is 24.8 Å². The second-order valence-electron chi connectivity index (χ2n) is 7.19. The number of fused-ring (bicyclic) bond motifs is 2. The van der Waals surface area contributed by atoms with E-state index in [1.165, 1.54) is 24.7 Å². The Morgan fingerprint density at radius 2 is 1.81 bits per heavy atom. The molecule has 2 atom stereocenters. The molecule has 2 unspecified atom stereocenters. The summed E-state index contributed by atoms with van der Waals surface area (Å²) >= 11 is 0. The van der Waals surface area contributed by atoms with Crippen LogP contribution in [0.15, 0.2) is 47.1 Å². The summed E-state index contributed by atoms with van der Waals surface area (Å²) in [6.07, 6.45) is 6.00. The van der Waals surface area contributed by atoms with Crippen LogP contribution in [0, 0.1) is 0 Å². The van der Waals surface area contributed by atoms with Gasteiger partial charge in [0, 0.05) is 24.7 Å². The van der Waals surface area contributed by atoms with Gasteiger partial charge in [0.1, 0.15) is 12.0 Å². The molecule has 2 aliphatic rings. The molecule has 0 aliphatic carbocycles. The highest BCUT2D eigenvalue weighted by molar-refractivity contribution is 5.94. The Kier molecular flexibility index (Phi) is 7.74. The first-order chi connectivity index (χ1) is 12.2. The quantitative estimate of drug-likeness (QED) is 0.789. The summed E-state index contributed by atoms with van der Waals surface area (Å²) in [7, 11) is 0. The van der Waals surface area contributed by atoms with Gasteiger partial charge >= 0.3 is 0 Å². The number of furan rings is 1. The Balaban J connectivity index is 0.00000131. The van der Waals surface area contributed by atoms with Gasteiger partial charge in [-0.05, 0) is 37.3 Å². The van der Waals surface area contributed by atoms with Gasteiger partial charge in [0.15, 0.2) is 0 Å². The van der Waals surface area contributed by atoms with Crippen molar-refractivity contribution in [3.05, 3.63) is 59.5 Å². The number of rotatable bonds is 5. The molecule has 2 bridgehead atoms. The van der Waals surface area contributed by atoms with Crippen LogP contribution in [-0.2, 0) is 13.1 Å². The number of carbonyl (C=O) groups is 1. The fourth-order valence-corrected chi connectivity index (χ4v) is 4.32. The first-order valence-corrected chi connectivity index (χ1v) is 9.11. The van der Waals surface area contributed by atoms with Crippen LogP contribution in [0.5, 0.6) is 0 Å². The fraction of sp³-hybridized carbons (Fsp3) is 0.450. The molecule has 2 fully saturated rings. The molecule has 1 amide bonds. The van der Waals surface area contributed by atoms with Crippen LogP contribution < -0.4 is 11.1 Å². The van der Waals surface area contributed by atoms with Crippen molar-refractivity contribution in [1.82, 2.24) is 10.2 Å². The van der Waals surface area contributed by atoms with Gasteiger partial charge in [-0.1, -0.05) is 30.3 Å². The molecule has 0 spiro atoms. The van der Waals surface area contributed by atoms with Gasteiger partial charge in [0.25, 0.3) is 5.91 Å². The average molecular weight is 412 g/mol. The van der Waals surface area contributed by atoms with Crippen LogP contribution in [-0.4, -0.2) is 28.9 Å². The monoisotopic (exact) mass is 411 g/mol. The minimum Gasteiger partial charge on any atom is -0.467 e. The second-order valence-corrected chi connectivity index (χ2v) is 7.19.